The number of aliphatic hydroxyl groups excluding tert-OH is 1. The molecule has 0 saturated carbocycles. The molecule has 0 unspecified atom stereocenters. The summed E-state index contributed by atoms with van der Waals surface area (Å²) in [6.45, 7) is 0.744. The van der Waals surface area contributed by atoms with Crippen molar-refractivity contribution in [2.45, 2.75) is 18.6 Å². The predicted octanol–water partition coefficient (Wildman–Crippen LogP) is 4.40. The second-order valence-corrected chi connectivity index (χ2v) is 7.02. The van der Waals surface area contributed by atoms with E-state index in [0.29, 0.717) is 12.3 Å². The van der Waals surface area contributed by atoms with Gasteiger partial charge in [-0.2, -0.15) is 0 Å². The average Bonchev–Trinajstić information content (AvgIpc) is 3.16. The predicted molar refractivity (Wildman–Crippen MR) is 105 cm³/mol. The van der Waals surface area contributed by atoms with Crippen molar-refractivity contribution in [3.63, 3.8) is 0 Å². The van der Waals surface area contributed by atoms with Gasteiger partial charge in [-0.1, -0.05) is 24.3 Å². The Morgan fingerprint density at radius 1 is 0.821 bits per heavy atom. The number of hydrogen-bond donors (Lipinski definition) is 2. The van der Waals surface area contributed by atoms with Gasteiger partial charge in [-0.3, -0.25) is 0 Å². The molecule has 1 aliphatic heterocycles. The van der Waals surface area contributed by atoms with E-state index >= 15 is 0 Å². The first-order chi connectivity index (χ1) is 13.6. The third-order valence-electron chi connectivity index (χ3n) is 4.97. The van der Waals surface area contributed by atoms with E-state index < -0.39 is 0 Å². The summed E-state index contributed by atoms with van der Waals surface area (Å²) >= 11 is 0. The van der Waals surface area contributed by atoms with Gasteiger partial charge in [0.05, 0.1) is 6.61 Å². The first kappa shape index (κ1) is 18.6. The number of rotatable bonds is 5. The molecule has 2 N–H and O–H groups in total. The minimum absolute atomic E-state index is 0.0401. The number of hydrogen-bond acceptors (Lipinski definition) is 3. The minimum Gasteiger partial charge on any atom is -0.489 e. The van der Waals surface area contributed by atoms with E-state index in [0.717, 1.165) is 28.7 Å². The molecule has 0 spiro atoms. The van der Waals surface area contributed by atoms with Gasteiger partial charge < -0.3 is 15.2 Å². The van der Waals surface area contributed by atoms with Crippen LogP contribution in [0.5, 0.6) is 5.75 Å². The Bertz CT molecular complexity index is 878. The fourth-order valence-corrected chi connectivity index (χ4v) is 3.49. The normalized spacial score (nSPS) is 19.0. The van der Waals surface area contributed by atoms with Gasteiger partial charge in [0, 0.05) is 19.0 Å². The summed E-state index contributed by atoms with van der Waals surface area (Å²) in [6, 6.07) is 18.5. The summed E-state index contributed by atoms with van der Waals surface area (Å²) in [5.41, 5.74) is 3.52. The molecule has 4 rings (SSSR count). The van der Waals surface area contributed by atoms with Crippen molar-refractivity contribution in [2.75, 3.05) is 13.2 Å². The smallest absolute Gasteiger partial charge is 0.123 e. The van der Waals surface area contributed by atoms with Gasteiger partial charge in [0.2, 0.25) is 0 Å². The third-order valence-corrected chi connectivity index (χ3v) is 4.97. The number of nitrogens with one attached hydrogen (secondary N) is 1. The number of benzene rings is 3. The number of ether oxygens (including phenoxy) is 1. The molecule has 1 heterocycles. The SMILES string of the molecule is OC[C@@H]1C[C@H](Oc2cc(-c3ccc(F)cc3)cc(-c3ccc(F)cc3)c2)CN1. The Hall–Kier alpha value is -2.76. The van der Waals surface area contributed by atoms with Crippen molar-refractivity contribution in [2.24, 2.45) is 0 Å². The quantitative estimate of drug-likeness (QED) is 0.688. The zero-order valence-electron chi connectivity index (χ0n) is 15.2. The average molecular weight is 381 g/mol. The van der Waals surface area contributed by atoms with Crippen LogP contribution in [0.2, 0.25) is 0 Å². The highest BCUT2D eigenvalue weighted by Crippen LogP contribution is 2.33. The van der Waals surface area contributed by atoms with Gasteiger partial charge in [0.25, 0.3) is 0 Å². The lowest BCUT2D eigenvalue weighted by molar-refractivity contribution is 0.206. The molecule has 0 aromatic heterocycles. The van der Waals surface area contributed by atoms with Crippen LogP contribution in [0.25, 0.3) is 22.3 Å². The van der Waals surface area contributed by atoms with Crippen LogP contribution in [0.1, 0.15) is 6.42 Å². The fourth-order valence-electron chi connectivity index (χ4n) is 3.49. The second kappa shape index (κ2) is 8.09. The Labute approximate surface area is 162 Å². The lowest BCUT2D eigenvalue weighted by atomic mass is 9.98. The second-order valence-electron chi connectivity index (χ2n) is 7.02. The lowest BCUT2D eigenvalue weighted by Gasteiger charge is -2.16. The van der Waals surface area contributed by atoms with Crippen LogP contribution in [0.15, 0.2) is 66.7 Å². The molecule has 144 valence electrons. The highest BCUT2D eigenvalue weighted by Gasteiger charge is 2.25. The molecule has 1 fully saturated rings. The molecule has 0 radical (unpaired) electrons. The van der Waals surface area contributed by atoms with E-state index in [2.05, 4.69) is 5.32 Å². The van der Waals surface area contributed by atoms with E-state index in [1.54, 1.807) is 24.3 Å². The maximum absolute atomic E-state index is 13.3. The first-order valence-electron chi connectivity index (χ1n) is 9.28. The fraction of sp³-hybridized carbons (Fsp3) is 0.217. The maximum atomic E-state index is 13.3. The van der Waals surface area contributed by atoms with E-state index in [9.17, 15) is 13.9 Å². The molecule has 0 amide bonds. The van der Waals surface area contributed by atoms with Crippen LogP contribution in [0.3, 0.4) is 0 Å². The van der Waals surface area contributed by atoms with Crippen molar-refractivity contribution in [3.8, 4) is 28.0 Å². The Kier molecular flexibility index (Phi) is 5.37. The van der Waals surface area contributed by atoms with Crippen LogP contribution in [-0.2, 0) is 0 Å². The summed E-state index contributed by atoms with van der Waals surface area (Å²) in [7, 11) is 0. The van der Waals surface area contributed by atoms with Crippen LogP contribution in [0.4, 0.5) is 8.78 Å². The first-order valence-corrected chi connectivity index (χ1v) is 9.28. The Balaban J connectivity index is 1.70. The molecular weight excluding hydrogens is 360 g/mol. The van der Waals surface area contributed by atoms with Crippen LogP contribution in [-0.4, -0.2) is 30.4 Å². The van der Waals surface area contributed by atoms with E-state index in [1.165, 1.54) is 24.3 Å². The molecule has 5 heteroatoms. The molecule has 0 bridgehead atoms. The molecular formula is C23H21F2NO2. The highest BCUT2D eigenvalue weighted by molar-refractivity contribution is 5.75. The van der Waals surface area contributed by atoms with Crippen molar-refractivity contribution in [1.82, 2.24) is 5.32 Å². The summed E-state index contributed by atoms with van der Waals surface area (Å²) in [5, 5.41) is 12.5. The zero-order valence-corrected chi connectivity index (χ0v) is 15.2. The van der Waals surface area contributed by atoms with Gasteiger partial charge in [-0.05, 0) is 64.7 Å². The monoisotopic (exact) mass is 381 g/mol. The molecule has 3 aromatic rings. The molecule has 3 nitrogen and oxygen atoms in total. The van der Waals surface area contributed by atoms with Crippen molar-refractivity contribution >= 4 is 0 Å². The van der Waals surface area contributed by atoms with Crippen LogP contribution in [0, 0.1) is 11.6 Å². The number of halogens is 2. The molecule has 1 aliphatic rings. The Morgan fingerprint density at radius 2 is 1.36 bits per heavy atom. The topological polar surface area (TPSA) is 41.5 Å². The van der Waals surface area contributed by atoms with Crippen molar-refractivity contribution in [1.29, 1.82) is 0 Å². The summed E-state index contributed by atoms with van der Waals surface area (Å²) in [6.07, 6.45) is 0.685. The third kappa shape index (κ3) is 4.21. The molecule has 3 aromatic carbocycles. The molecule has 2 atom stereocenters. The van der Waals surface area contributed by atoms with Gasteiger partial charge in [-0.15, -0.1) is 0 Å². The van der Waals surface area contributed by atoms with Gasteiger partial charge >= 0.3 is 0 Å². The molecule has 1 saturated heterocycles. The molecule has 0 aliphatic carbocycles. The van der Waals surface area contributed by atoms with Gasteiger partial charge in [-0.25, -0.2) is 8.78 Å². The summed E-state index contributed by atoms with van der Waals surface area (Å²) in [4.78, 5) is 0. The van der Waals surface area contributed by atoms with Crippen LogP contribution < -0.4 is 10.1 Å². The van der Waals surface area contributed by atoms with Crippen molar-refractivity contribution < 1.29 is 18.6 Å². The maximum Gasteiger partial charge on any atom is 0.123 e. The number of aliphatic hydroxyl groups is 1. The van der Waals surface area contributed by atoms with E-state index in [1.807, 2.05) is 18.2 Å². The largest absolute Gasteiger partial charge is 0.489 e. The summed E-state index contributed by atoms with van der Waals surface area (Å²) < 4.78 is 32.8. The summed E-state index contributed by atoms with van der Waals surface area (Å²) in [5.74, 6) is 0.107. The van der Waals surface area contributed by atoms with Gasteiger partial charge in [0.1, 0.15) is 23.5 Å². The standard InChI is InChI=1S/C23H21F2NO2/c24-19-5-1-15(2-6-19)17-9-18(16-3-7-20(25)8-4-16)11-22(10-17)28-23-12-21(14-27)26-13-23/h1-11,21,23,26-27H,12-14H2/t21-,23-/m0/s1. The Morgan fingerprint density at radius 3 is 1.82 bits per heavy atom. The molecule has 28 heavy (non-hydrogen) atoms. The van der Waals surface area contributed by atoms with Gasteiger partial charge in [0.15, 0.2) is 0 Å². The minimum atomic E-state index is -0.290. The van der Waals surface area contributed by atoms with Crippen LogP contribution >= 0.6 is 0 Å². The van der Waals surface area contributed by atoms with Crippen molar-refractivity contribution in [3.05, 3.63) is 78.4 Å². The lowest BCUT2D eigenvalue weighted by Crippen LogP contribution is -2.25. The van der Waals surface area contributed by atoms with E-state index in [-0.39, 0.29) is 30.4 Å². The highest BCUT2D eigenvalue weighted by atomic mass is 19.1. The van der Waals surface area contributed by atoms with E-state index in [4.69, 9.17) is 4.74 Å². The zero-order chi connectivity index (χ0) is 19.5.